The molecular weight excluding hydrogens is 549 g/mol. The summed E-state index contributed by atoms with van der Waals surface area (Å²) in [5.41, 5.74) is 0.249. The molecule has 2 fully saturated rings. The quantitative estimate of drug-likeness (QED) is 0.335. The van der Waals surface area contributed by atoms with E-state index >= 15 is 0 Å². The third-order valence-electron chi connectivity index (χ3n) is 7.92. The maximum Gasteiger partial charge on any atom is 0.416 e. The summed E-state index contributed by atoms with van der Waals surface area (Å²) in [5, 5.41) is 3.92. The Morgan fingerprint density at radius 1 is 1.10 bits per heavy atom. The molecule has 5 atom stereocenters. The summed E-state index contributed by atoms with van der Waals surface area (Å²) in [4.78, 5) is 28.9. The molecule has 1 amide bonds. The van der Waals surface area contributed by atoms with Crippen LogP contribution in [0.3, 0.4) is 0 Å². The van der Waals surface area contributed by atoms with Gasteiger partial charge in [-0.1, -0.05) is 23.5 Å². The molecule has 0 saturated heterocycles. The number of anilines is 1. The Balaban J connectivity index is 1.22. The first-order valence-corrected chi connectivity index (χ1v) is 14.7. The largest absolute Gasteiger partial charge is 0.490 e. The van der Waals surface area contributed by atoms with E-state index in [-0.39, 0.29) is 16.5 Å². The molecule has 2 aromatic carbocycles. The van der Waals surface area contributed by atoms with E-state index in [1.807, 2.05) is 30.8 Å². The lowest BCUT2D eigenvalue weighted by molar-refractivity contribution is -0.137. The maximum absolute atomic E-state index is 13.0. The topological polar surface area (TPSA) is 80.4 Å². The Hall–Kier alpha value is -2.92. The van der Waals surface area contributed by atoms with Gasteiger partial charge in [-0.15, -0.1) is 11.8 Å². The minimum absolute atomic E-state index is 0.0377. The predicted molar refractivity (Wildman–Crippen MR) is 144 cm³/mol. The number of aromatic nitrogens is 1. The fraction of sp³-hybridized carbons (Fsp3) is 0.429. The Labute approximate surface area is 231 Å². The van der Waals surface area contributed by atoms with Crippen molar-refractivity contribution in [1.82, 2.24) is 4.98 Å². The van der Waals surface area contributed by atoms with Crippen LogP contribution >= 0.6 is 23.1 Å². The Morgan fingerprint density at radius 3 is 2.72 bits per heavy atom. The maximum atomic E-state index is 13.0. The predicted octanol–water partition coefficient (Wildman–Crippen LogP) is 6.52. The molecule has 0 radical (unpaired) electrons. The Bertz CT molecular complexity index is 1450. The van der Waals surface area contributed by atoms with Gasteiger partial charge in [0.15, 0.2) is 18.1 Å². The smallest absolute Gasteiger partial charge is 0.416 e. The van der Waals surface area contributed by atoms with Crippen LogP contribution in [-0.2, 0) is 11.0 Å². The van der Waals surface area contributed by atoms with Gasteiger partial charge in [-0.25, -0.2) is 0 Å². The molecule has 3 aromatic rings. The van der Waals surface area contributed by atoms with E-state index in [0.29, 0.717) is 41.1 Å². The van der Waals surface area contributed by atoms with Crippen molar-refractivity contribution in [2.45, 2.75) is 48.6 Å². The highest BCUT2D eigenvalue weighted by Crippen LogP contribution is 2.63. The van der Waals surface area contributed by atoms with E-state index in [2.05, 4.69) is 10.3 Å². The Kier molecular flexibility index (Phi) is 6.91. The zero-order valence-electron chi connectivity index (χ0n) is 21.0. The van der Waals surface area contributed by atoms with E-state index < -0.39 is 24.3 Å². The first-order chi connectivity index (χ1) is 18.7. The van der Waals surface area contributed by atoms with Gasteiger partial charge in [0, 0.05) is 21.7 Å². The van der Waals surface area contributed by atoms with Gasteiger partial charge in [0.05, 0.1) is 17.2 Å². The van der Waals surface area contributed by atoms with E-state index in [9.17, 15) is 22.8 Å². The number of alkyl halides is 3. The summed E-state index contributed by atoms with van der Waals surface area (Å²) in [7, 11) is 0. The van der Waals surface area contributed by atoms with Crippen LogP contribution in [0.25, 0.3) is 0 Å². The first-order valence-electron chi connectivity index (χ1n) is 13.0. The number of aromatic amines is 1. The molecule has 11 heteroatoms. The van der Waals surface area contributed by atoms with Crippen LogP contribution in [0.15, 0.2) is 52.3 Å². The van der Waals surface area contributed by atoms with Crippen LogP contribution in [0.5, 0.6) is 11.5 Å². The first kappa shape index (κ1) is 26.3. The molecule has 6 rings (SSSR count). The molecule has 39 heavy (non-hydrogen) atoms. The molecule has 4 unspecified atom stereocenters. The van der Waals surface area contributed by atoms with Gasteiger partial charge in [-0.05, 0) is 79.8 Å². The molecule has 2 N–H and O–H groups in total. The second-order valence-electron chi connectivity index (χ2n) is 10.2. The van der Waals surface area contributed by atoms with Crippen LogP contribution < -0.4 is 19.7 Å². The van der Waals surface area contributed by atoms with Gasteiger partial charge in [0.2, 0.25) is 0 Å². The highest BCUT2D eigenvalue weighted by Gasteiger charge is 2.54. The van der Waals surface area contributed by atoms with Gasteiger partial charge >= 0.3 is 11.0 Å². The van der Waals surface area contributed by atoms with Gasteiger partial charge in [0.25, 0.3) is 5.91 Å². The number of amides is 1. The molecule has 2 saturated carbocycles. The lowest BCUT2D eigenvalue weighted by Gasteiger charge is -2.40. The monoisotopic (exact) mass is 576 g/mol. The number of hydrogen-bond donors (Lipinski definition) is 2. The number of hydrogen-bond acceptors (Lipinski definition) is 6. The molecule has 2 aliphatic carbocycles. The zero-order chi connectivity index (χ0) is 27.3. The summed E-state index contributed by atoms with van der Waals surface area (Å²) in [6, 6.07) is 10.2. The van der Waals surface area contributed by atoms with Crippen molar-refractivity contribution >= 4 is 34.7 Å². The van der Waals surface area contributed by atoms with E-state index in [4.69, 9.17) is 9.47 Å². The summed E-state index contributed by atoms with van der Waals surface area (Å²) in [6.45, 7) is 1.85. The summed E-state index contributed by atoms with van der Waals surface area (Å²) in [6.07, 6.45) is -0.803. The molecule has 1 aromatic heterocycles. The van der Waals surface area contributed by atoms with Crippen molar-refractivity contribution in [2.75, 3.05) is 18.5 Å². The number of rotatable bonds is 7. The van der Waals surface area contributed by atoms with Crippen LogP contribution in [0.1, 0.15) is 48.1 Å². The molecule has 2 bridgehead atoms. The van der Waals surface area contributed by atoms with Gasteiger partial charge in [-0.2, -0.15) is 13.2 Å². The number of nitrogens with one attached hydrogen (secondary N) is 2. The number of benzene rings is 2. The number of thioether (sulfide) groups is 1. The van der Waals surface area contributed by atoms with Crippen LogP contribution in [0, 0.1) is 17.8 Å². The average molecular weight is 577 g/mol. The summed E-state index contributed by atoms with van der Waals surface area (Å²) < 4.78 is 50.6. The number of carbonyl (C=O) groups is 1. The standard InChI is InChI=1S/C28H27F3N2O4S2/c1-2-36-20-11-15(23-22-14-6-7-16(10-14)24(22)38-26-25(23)39-27(35)33-26)8-9-19(20)37-13-21(34)32-18-5-3-4-17(12-18)28(29,30)31/h3-5,8-9,11-12,14,16,22-24H,2,6-7,10,13H2,1H3,(H,32,34)(H,33,35)/t14?,16?,22?,23-,24?/m1/s1. The van der Waals surface area contributed by atoms with Crippen molar-refractivity contribution in [3.8, 4) is 11.5 Å². The second-order valence-corrected chi connectivity index (χ2v) is 12.4. The average Bonchev–Trinajstić information content (AvgIpc) is 3.61. The van der Waals surface area contributed by atoms with Gasteiger partial charge in [0.1, 0.15) is 0 Å². The van der Waals surface area contributed by atoms with Gasteiger partial charge < -0.3 is 19.8 Å². The van der Waals surface area contributed by atoms with Crippen molar-refractivity contribution in [2.24, 2.45) is 17.8 Å². The van der Waals surface area contributed by atoms with E-state index in [1.165, 1.54) is 42.7 Å². The van der Waals surface area contributed by atoms with Crippen molar-refractivity contribution in [3.63, 3.8) is 0 Å². The Morgan fingerprint density at radius 2 is 1.92 bits per heavy atom. The molecule has 1 aliphatic heterocycles. The third kappa shape index (κ3) is 5.06. The summed E-state index contributed by atoms with van der Waals surface area (Å²) >= 11 is 3.12. The number of halogens is 3. The molecule has 0 spiro atoms. The van der Waals surface area contributed by atoms with Crippen LogP contribution in [-0.4, -0.2) is 29.4 Å². The lowest BCUT2D eigenvalue weighted by atomic mass is 9.75. The number of carbonyl (C=O) groups excluding carboxylic acids is 1. The second kappa shape index (κ2) is 10.2. The zero-order valence-corrected chi connectivity index (χ0v) is 22.7. The minimum Gasteiger partial charge on any atom is -0.490 e. The fourth-order valence-electron chi connectivity index (χ4n) is 6.44. The molecular formula is C28H27F3N2O4S2. The van der Waals surface area contributed by atoms with Crippen molar-refractivity contribution in [3.05, 3.63) is 68.1 Å². The fourth-order valence-corrected chi connectivity index (χ4v) is 9.34. The minimum atomic E-state index is -4.50. The summed E-state index contributed by atoms with van der Waals surface area (Å²) in [5.74, 6) is 2.12. The number of H-pyrrole nitrogens is 1. The lowest BCUT2D eigenvalue weighted by Crippen LogP contribution is -2.33. The van der Waals surface area contributed by atoms with E-state index in [1.54, 1.807) is 6.07 Å². The molecule has 2 heterocycles. The highest BCUT2D eigenvalue weighted by atomic mass is 32.2. The normalized spacial score (nSPS) is 25.2. The third-order valence-corrected chi connectivity index (χ3v) is 10.5. The van der Waals surface area contributed by atoms with Crippen LogP contribution in [0.4, 0.5) is 18.9 Å². The van der Waals surface area contributed by atoms with Crippen molar-refractivity contribution < 1.29 is 27.4 Å². The molecule has 206 valence electrons. The SMILES string of the molecule is CCOc1cc([C@H]2c3sc(=O)[nH]c3SC3C4CCC(C4)C32)ccc1OCC(=O)Nc1cccc(C(F)(F)F)c1. The van der Waals surface area contributed by atoms with Crippen LogP contribution in [0.2, 0.25) is 0 Å². The molecule has 6 nitrogen and oxygen atoms in total. The highest BCUT2D eigenvalue weighted by molar-refractivity contribution is 8.00. The molecule has 3 aliphatic rings. The van der Waals surface area contributed by atoms with Gasteiger partial charge in [-0.3, -0.25) is 9.59 Å². The van der Waals surface area contributed by atoms with Crippen molar-refractivity contribution in [1.29, 1.82) is 0 Å². The number of thiazole rings is 1. The van der Waals surface area contributed by atoms with E-state index in [0.717, 1.165) is 27.6 Å². The number of fused-ring (bicyclic) bond motifs is 6. The number of ether oxygens (including phenoxy) is 2.